The van der Waals surface area contributed by atoms with Gasteiger partial charge in [-0.05, 0) is 19.4 Å². The molecule has 0 radical (unpaired) electrons. The topological polar surface area (TPSA) is 81.1 Å². The first-order valence-electron chi connectivity index (χ1n) is 4.52. The third kappa shape index (κ3) is 2.56. The minimum Gasteiger partial charge on any atom is -0.480 e. The zero-order chi connectivity index (χ0) is 10.7. The molecule has 0 aliphatic carbocycles. The number of carbonyl (C=O) groups is 1. The Morgan fingerprint density at radius 3 is 2.79 bits per heavy atom. The largest absolute Gasteiger partial charge is 0.480 e. The molecule has 1 heterocycles. The van der Waals surface area contributed by atoms with E-state index < -0.39 is 12.0 Å². The molecular formula is C9H15N3O2. The molecule has 1 rings (SSSR count). The minimum atomic E-state index is -0.984. The first-order chi connectivity index (χ1) is 6.50. The Hall–Kier alpha value is -1.36. The van der Waals surface area contributed by atoms with E-state index in [2.05, 4.69) is 5.10 Å². The SMILES string of the molecule is CC(C)n1cc(CC(N)C(=O)O)cn1. The molecule has 0 amide bonds. The molecule has 0 bridgehead atoms. The first kappa shape index (κ1) is 10.7. The van der Waals surface area contributed by atoms with E-state index in [0.717, 1.165) is 5.56 Å². The number of hydrogen-bond donors (Lipinski definition) is 2. The van der Waals surface area contributed by atoms with Gasteiger partial charge in [0.25, 0.3) is 0 Å². The maximum Gasteiger partial charge on any atom is 0.320 e. The van der Waals surface area contributed by atoms with Crippen LogP contribution in [0.4, 0.5) is 0 Å². The van der Waals surface area contributed by atoms with Crippen molar-refractivity contribution in [2.24, 2.45) is 5.73 Å². The summed E-state index contributed by atoms with van der Waals surface area (Å²) in [5.41, 5.74) is 6.25. The summed E-state index contributed by atoms with van der Waals surface area (Å²) in [5.74, 6) is -0.984. The smallest absolute Gasteiger partial charge is 0.320 e. The average molecular weight is 197 g/mol. The number of carboxylic acid groups (broad SMARTS) is 1. The van der Waals surface area contributed by atoms with Crippen molar-refractivity contribution in [3.8, 4) is 0 Å². The number of aliphatic carboxylic acids is 1. The third-order valence-corrected chi connectivity index (χ3v) is 1.96. The second-order valence-corrected chi connectivity index (χ2v) is 3.57. The predicted octanol–water partition coefficient (Wildman–Crippen LogP) is 0.418. The Morgan fingerprint density at radius 2 is 2.36 bits per heavy atom. The Bertz CT molecular complexity index is 320. The van der Waals surface area contributed by atoms with Crippen molar-refractivity contribution in [2.45, 2.75) is 32.4 Å². The van der Waals surface area contributed by atoms with E-state index >= 15 is 0 Å². The summed E-state index contributed by atoms with van der Waals surface area (Å²) in [6.07, 6.45) is 3.80. The normalized spacial score (nSPS) is 13.1. The second-order valence-electron chi connectivity index (χ2n) is 3.57. The number of nitrogens with zero attached hydrogens (tertiary/aromatic N) is 2. The minimum absolute atomic E-state index is 0.282. The Kier molecular flexibility index (Phi) is 3.24. The quantitative estimate of drug-likeness (QED) is 0.732. The van der Waals surface area contributed by atoms with Gasteiger partial charge in [0.1, 0.15) is 6.04 Å². The lowest BCUT2D eigenvalue weighted by molar-refractivity contribution is -0.138. The zero-order valence-corrected chi connectivity index (χ0v) is 8.34. The molecule has 0 spiro atoms. The highest BCUT2D eigenvalue weighted by atomic mass is 16.4. The van der Waals surface area contributed by atoms with Gasteiger partial charge in [0.2, 0.25) is 0 Å². The standard InChI is InChI=1S/C9H15N3O2/c1-6(2)12-5-7(4-11-12)3-8(10)9(13)14/h4-6,8H,3,10H2,1-2H3,(H,13,14). The summed E-state index contributed by atoms with van der Waals surface area (Å²) in [6, 6.07) is -0.565. The van der Waals surface area contributed by atoms with Crippen molar-refractivity contribution < 1.29 is 9.90 Å². The fraction of sp³-hybridized carbons (Fsp3) is 0.556. The molecule has 0 aromatic carbocycles. The molecule has 0 aliphatic heterocycles. The predicted molar refractivity (Wildman–Crippen MR) is 51.9 cm³/mol. The molecule has 1 unspecified atom stereocenters. The summed E-state index contributed by atoms with van der Waals surface area (Å²) in [7, 11) is 0. The fourth-order valence-corrected chi connectivity index (χ4v) is 1.11. The maximum absolute atomic E-state index is 10.5. The Labute approximate surface area is 82.5 Å². The van der Waals surface area contributed by atoms with Crippen molar-refractivity contribution in [1.29, 1.82) is 0 Å². The van der Waals surface area contributed by atoms with Crippen LogP contribution in [0.2, 0.25) is 0 Å². The van der Waals surface area contributed by atoms with Crippen molar-refractivity contribution in [3.63, 3.8) is 0 Å². The molecule has 1 aromatic heterocycles. The third-order valence-electron chi connectivity index (χ3n) is 1.96. The van der Waals surface area contributed by atoms with Crippen LogP contribution in [-0.2, 0) is 11.2 Å². The van der Waals surface area contributed by atoms with E-state index in [1.807, 2.05) is 20.0 Å². The van der Waals surface area contributed by atoms with Gasteiger partial charge in [-0.2, -0.15) is 5.10 Å². The van der Waals surface area contributed by atoms with Gasteiger partial charge in [0.15, 0.2) is 0 Å². The summed E-state index contributed by atoms with van der Waals surface area (Å²) in [5, 5.41) is 12.7. The molecular weight excluding hydrogens is 182 g/mol. The van der Waals surface area contributed by atoms with Gasteiger partial charge in [-0.1, -0.05) is 0 Å². The summed E-state index contributed by atoms with van der Waals surface area (Å²) >= 11 is 0. The van der Waals surface area contributed by atoms with Gasteiger partial charge in [-0.15, -0.1) is 0 Å². The molecule has 1 atom stereocenters. The highest BCUT2D eigenvalue weighted by Gasteiger charge is 2.13. The lowest BCUT2D eigenvalue weighted by Gasteiger charge is -2.04. The lowest BCUT2D eigenvalue weighted by Crippen LogP contribution is -2.32. The molecule has 0 aliphatic rings. The van der Waals surface area contributed by atoms with Crippen LogP contribution in [0.1, 0.15) is 25.5 Å². The van der Waals surface area contributed by atoms with Gasteiger partial charge in [-0.25, -0.2) is 0 Å². The number of aromatic nitrogens is 2. The van der Waals surface area contributed by atoms with Crippen LogP contribution in [0.5, 0.6) is 0 Å². The monoisotopic (exact) mass is 197 g/mol. The van der Waals surface area contributed by atoms with Gasteiger partial charge < -0.3 is 10.8 Å². The maximum atomic E-state index is 10.5. The highest BCUT2D eigenvalue weighted by molar-refractivity contribution is 5.73. The lowest BCUT2D eigenvalue weighted by atomic mass is 10.1. The van der Waals surface area contributed by atoms with Crippen molar-refractivity contribution in [1.82, 2.24) is 9.78 Å². The van der Waals surface area contributed by atoms with E-state index in [1.54, 1.807) is 10.9 Å². The average Bonchev–Trinajstić information content (AvgIpc) is 2.52. The van der Waals surface area contributed by atoms with Crippen molar-refractivity contribution >= 4 is 5.97 Å². The van der Waals surface area contributed by atoms with Crippen molar-refractivity contribution in [3.05, 3.63) is 18.0 Å². The van der Waals surface area contributed by atoms with E-state index in [1.165, 1.54) is 0 Å². The van der Waals surface area contributed by atoms with Crippen LogP contribution < -0.4 is 5.73 Å². The van der Waals surface area contributed by atoms with Crippen LogP contribution in [0, 0.1) is 0 Å². The zero-order valence-electron chi connectivity index (χ0n) is 8.34. The van der Waals surface area contributed by atoms with E-state index in [9.17, 15) is 4.79 Å². The number of hydrogen-bond acceptors (Lipinski definition) is 3. The van der Waals surface area contributed by atoms with Crippen LogP contribution in [0.3, 0.4) is 0 Å². The molecule has 14 heavy (non-hydrogen) atoms. The van der Waals surface area contributed by atoms with Crippen LogP contribution in [0.25, 0.3) is 0 Å². The van der Waals surface area contributed by atoms with Crippen LogP contribution >= 0.6 is 0 Å². The first-order valence-corrected chi connectivity index (χ1v) is 4.52. The molecule has 3 N–H and O–H groups in total. The second kappa shape index (κ2) is 4.23. The van der Waals surface area contributed by atoms with E-state index in [-0.39, 0.29) is 6.04 Å². The van der Waals surface area contributed by atoms with Crippen molar-refractivity contribution in [2.75, 3.05) is 0 Å². The van der Waals surface area contributed by atoms with Gasteiger partial charge in [0, 0.05) is 18.7 Å². The molecule has 0 fully saturated rings. The molecule has 78 valence electrons. The summed E-state index contributed by atoms with van der Waals surface area (Å²) in [4.78, 5) is 10.5. The van der Waals surface area contributed by atoms with Gasteiger partial charge in [0.05, 0.1) is 6.20 Å². The number of carboxylic acids is 1. The molecule has 5 heteroatoms. The molecule has 1 aromatic rings. The van der Waals surface area contributed by atoms with E-state index in [4.69, 9.17) is 10.8 Å². The summed E-state index contributed by atoms with van der Waals surface area (Å²) < 4.78 is 1.78. The Balaban J connectivity index is 2.64. The highest BCUT2D eigenvalue weighted by Crippen LogP contribution is 2.06. The van der Waals surface area contributed by atoms with Gasteiger partial charge in [-0.3, -0.25) is 9.48 Å². The number of rotatable bonds is 4. The fourth-order valence-electron chi connectivity index (χ4n) is 1.11. The van der Waals surface area contributed by atoms with Crippen LogP contribution in [-0.4, -0.2) is 26.9 Å². The van der Waals surface area contributed by atoms with Gasteiger partial charge >= 0.3 is 5.97 Å². The van der Waals surface area contributed by atoms with E-state index in [0.29, 0.717) is 6.42 Å². The molecule has 0 saturated carbocycles. The Morgan fingerprint density at radius 1 is 1.71 bits per heavy atom. The number of nitrogens with two attached hydrogens (primary N) is 1. The molecule has 5 nitrogen and oxygen atoms in total. The van der Waals surface area contributed by atoms with Crippen LogP contribution in [0.15, 0.2) is 12.4 Å². The summed E-state index contributed by atoms with van der Waals surface area (Å²) in [6.45, 7) is 4.02. The molecule has 0 saturated heterocycles.